The first kappa shape index (κ1) is 21.5. The predicted molar refractivity (Wildman–Crippen MR) is 125 cm³/mol. The number of hydrogen-bond acceptors (Lipinski definition) is 3. The molecule has 0 heterocycles. The van der Waals surface area contributed by atoms with Crippen LogP contribution in [-0.4, -0.2) is 23.5 Å². The molecule has 4 aliphatic carbocycles. The van der Waals surface area contributed by atoms with Crippen LogP contribution in [0, 0.1) is 34.9 Å². The van der Waals surface area contributed by atoms with Crippen molar-refractivity contribution in [2.45, 2.75) is 70.3 Å². The van der Waals surface area contributed by atoms with Crippen molar-refractivity contribution in [3.8, 4) is 11.8 Å². The molecule has 4 aliphatic rings. The van der Waals surface area contributed by atoms with Gasteiger partial charge in [-0.15, -0.1) is 5.92 Å². The molecule has 1 aromatic rings. The van der Waals surface area contributed by atoms with E-state index in [0.717, 1.165) is 31.2 Å². The Balaban J connectivity index is 1.68. The minimum absolute atomic E-state index is 0.0249. The molecular weight excluding hydrogens is 401 g/mol. The number of ketones is 1. The number of benzene rings is 1. The van der Waals surface area contributed by atoms with Gasteiger partial charge in [0, 0.05) is 31.2 Å². The van der Waals surface area contributed by atoms with Gasteiger partial charge in [-0.2, -0.15) is 0 Å². The van der Waals surface area contributed by atoms with Crippen molar-refractivity contribution in [1.29, 1.82) is 0 Å². The number of nitrogens with one attached hydrogen (secondary N) is 1. The van der Waals surface area contributed by atoms with Crippen LogP contribution in [0.15, 0.2) is 41.0 Å². The highest BCUT2D eigenvalue weighted by atomic mass is 19.1. The van der Waals surface area contributed by atoms with Gasteiger partial charge in [-0.25, -0.2) is 4.39 Å². The summed E-state index contributed by atoms with van der Waals surface area (Å²) in [4.78, 5) is 12.2. The molecule has 3 nitrogen and oxygen atoms in total. The van der Waals surface area contributed by atoms with E-state index in [1.807, 2.05) is 12.1 Å². The van der Waals surface area contributed by atoms with Gasteiger partial charge >= 0.3 is 0 Å². The molecule has 0 amide bonds. The lowest BCUT2D eigenvalue weighted by atomic mass is 9.51. The molecule has 0 bridgehead atoms. The maximum absolute atomic E-state index is 14.8. The van der Waals surface area contributed by atoms with E-state index in [9.17, 15) is 14.3 Å². The standard InChI is InChI=1S/C28H32FNO2/c1-4-12-28(32)13-11-23-21-8-5-17-14-19(31)7-9-20(17)26(21)22(16-27(23,28)2)18-6-10-25(30-3)24(29)15-18/h5-6,10,15,21-23,30,32H,7-9,11,13-14,16H2,1-3H3/t21-,22?,23-,27-,28-/m0/s1. The van der Waals surface area contributed by atoms with Gasteiger partial charge in [0.2, 0.25) is 0 Å². The number of Topliss-reactive ketones (excluding diaryl/α,β-unsaturated/α-hetero) is 1. The highest BCUT2D eigenvalue weighted by Crippen LogP contribution is 2.66. The lowest BCUT2D eigenvalue weighted by Gasteiger charge is -2.53. The molecule has 0 aromatic heterocycles. The summed E-state index contributed by atoms with van der Waals surface area (Å²) in [5.41, 5.74) is 4.01. The van der Waals surface area contributed by atoms with Crippen molar-refractivity contribution < 1.29 is 14.3 Å². The second-order valence-corrected chi connectivity index (χ2v) is 10.3. The fourth-order valence-electron chi connectivity index (χ4n) is 7.26. The first-order valence-electron chi connectivity index (χ1n) is 11.9. The minimum Gasteiger partial charge on any atom is -0.386 e. The molecule has 5 rings (SSSR count). The van der Waals surface area contributed by atoms with E-state index in [4.69, 9.17) is 0 Å². The van der Waals surface area contributed by atoms with Crippen LogP contribution < -0.4 is 5.32 Å². The minimum atomic E-state index is -1.02. The van der Waals surface area contributed by atoms with Gasteiger partial charge in [-0.05, 0) is 79.7 Å². The first-order chi connectivity index (χ1) is 15.3. The zero-order valence-corrected chi connectivity index (χ0v) is 19.2. The zero-order valence-electron chi connectivity index (χ0n) is 19.2. The van der Waals surface area contributed by atoms with Crippen LogP contribution in [0.25, 0.3) is 0 Å². The largest absolute Gasteiger partial charge is 0.386 e. The third-order valence-electron chi connectivity index (χ3n) is 8.86. The number of carbonyl (C=O) groups is 1. The molecule has 2 N–H and O–H groups in total. The summed E-state index contributed by atoms with van der Waals surface area (Å²) in [6, 6.07) is 5.51. The number of anilines is 1. The molecule has 32 heavy (non-hydrogen) atoms. The summed E-state index contributed by atoms with van der Waals surface area (Å²) in [5, 5.41) is 14.6. The van der Waals surface area contributed by atoms with Crippen LogP contribution in [0.3, 0.4) is 0 Å². The molecule has 0 saturated heterocycles. The van der Waals surface area contributed by atoms with Crippen molar-refractivity contribution in [1.82, 2.24) is 0 Å². The Bertz CT molecular complexity index is 1110. The Morgan fingerprint density at radius 2 is 2.09 bits per heavy atom. The topological polar surface area (TPSA) is 49.3 Å². The second-order valence-electron chi connectivity index (χ2n) is 10.3. The molecular formula is C28H32FNO2. The van der Waals surface area contributed by atoms with E-state index in [0.29, 0.717) is 42.6 Å². The van der Waals surface area contributed by atoms with Gasteiger partial charge in [0.05, 0.1) is 5.69 Å². The van der Waals surface area contributed by atoms with Crippen molar-refractivity contribution >= 4 is 11.5 Å². The van der Waals surface area contributed by atoms with Gasteiger partial charge in [0.25, 0.3) is 0 Å². The van der Waals surface area contributed by atoms with Crippen molar-refractivity contribution in [2.75, 3.05) is 12.4 Å². The number of hydrogen-bond donors (Lipinski definition) is 2. The van der Waals surface area contributed by atoms with E-state index < -0.39 is 5.60 Å². The Morgan fingerprint density at radius 1 is 1.28 bits per heavy atom. The Kier molecular flexibility index (Phi) is 5.09. The fourth-order valence-corrected chi connectivity index (χ4v) is 7.26. The van der Waals surface area contributed by atoms with Gasteiger partial charge in [-0.1, -0.05) is 30.6 Å². The molecule has 3 saturated carbocycles. The monoisotopic (exact) mass is 433 g/mol. The zero-order chi connectivity index (χ0) is 22.7. The van der Waals surface area contributed by atoms with E-state index in [-0.39, 0.29) is 17.2 Å². The molecule has 5 atom stereocenters. The molecule has 168 valence electrons. The highest BCUT2D eigenvalue weighted by molar-refractivity contribution is 5.84. The Labute approximate surface area is 190 Å². The van der Waals surface area contributed by atoms with E-state index in [1.165, 1.54) is 16.7 Å². The van der Waals surface area contributed by atoms with Crippen LogP contribution in [0.5, 0.6) is 0 Å². The average Bonchev–Trinajstić information content (AvgIpc) is 3.03. The number of aliphatic hydroxyl groups is 1. The Morgan fingerprint density at radius 3 is 2.81 bits per heavy atom. The van der Waals surface area contributed by atoms with Gasteiger partial charge in [0.1, 0.15) is 17.2 Å². The third-order valence-corrected chi connectivity index (χ3v) is 8.86. The molecule has 0 radical (unpaired) electrons. The number of allylic oxidation sites excluding steroid dienone is 4. The fraction of sp³-hybridized carbons (Fsp3) is 0.536. The molecule has 1 unspecified atom stereocenters. The van der Waals surface area contributed by atoms with Gasteiger partial charge in [0.15, 0.2) is 0 Å². The number of rotatable bonds is 2. The summed E-state index contributed by atoms with van der Waals surface area (Å²) in [6.07, 6.45) is 7.45. The molecule has 0 spiro atoms. The third kappa shape index (κ3) is 3.01. The smallest absolute Gasteiger partial charge is 0.146 e. The Hall–Kier alpha value is -2.38. The lowest BCUT2D eigenvalue weighted by Crippen LogP contribution is -2.50. The number of fused-ring (bicyclic) bond motifs is 4. The highest BCUT2D eigenvalue weighted by Gasteiger charge is 2.62. The van der Waals surface area contributed by atoms with Crippen molar-refractivity contribution in [2.24, 2.45) is 17.3 Å². The maximum atomic E-state index is 14.8. The van der Waals surface area contributed by atoms with Gasteiger partial charge in [-0.3, -0.25) is 4.79 Å². The molecule has 4 heteroatoms. The van der Waals surface area contributed by atoms with Crippen LogP contribution in [-0.2, 0) is 4.79 Å². The number of halogens is 1. The van der Waals surface area contributed by atoms with Crippen LogP contribution in [0.1, 0.15) is 70.3 Å². The van der Waals surface area contributed by atoms with Crippen molar-refractivity contribution in [3.63, 3.8) is 0 Å². The molecule has 1 aromatic carbocycles. The predicted octanol–water partition coefficient (Wildman–Crippen LogP) is 5.52. The van der Waals surface area contributed by atoms with E-state index >= 15 is 0 Å². The van der Waals surface area contributed by atoms with Crippen molar-refractivity contribution in [3.05, 3.63) is 52.4 Å². The normalized spacial score (nSPS) is 35.8. The average molecular weight is 434 g/mol. The van der Waals surface area contributed by atoms with E-state index in [2.05, 4.69) is 30.2 Å². The molecule has 3 fully saturated rings. The maximum Gasteiger partial charge on any atom is 0.146 e. The van der Waals surface area contributed by atoms with Crippen LogP contribution in [0.2, 0.25) is 0 Å². The lowest BCUT2D eigenvalue weighted by molar-refractivity contribution is -0.118. The summed E-state index contributed by atoms with van der Waals surface area (Å²) >= 11 is 0. The summed E-state index contributed by atoms with van der Waals surface area (Å²) < 4.78 is 14.8. The summed E-state index contributed by atoms with van der Waals surface area (Å²) in [6.45, 7) is 3.99. The first-order valence-corrected chi connectivity index (χ1v) is 11.9. The number of carbonyl (C=O) groups excluding carboxylic acids is 1. The SMILES string of the molecule is CC#C[C@]1(O)CC[C@H]2[C@@H]3CC=C4CC(=O)CCC4=C3C(c3ccc(NC)c(F)c3)C[C@@]21C. The van der Waals surface area contributed by atoms with Crippen LogP contribution in [0.4, 0.5) is 10.1 Å². The van der Waals surface area contributed by atoms with E-state index in [1.54, 1.807) is 20.0 Å². The van der Waals surface area contributed by atoms with Crippen LogP contribution >= 0.6 is 0 Å². The molecule has 0 aliphatic heterocycles. The van der Waals surface area contributed by atoms with Gasteiger partial charge < -0.3 is 10.4 Å². The summed E-state index contributed by atoms with van der Waals surface area (Å²) in [5.74, 6) is 6.88. The summed E-state index contributed by atoms with van der Waals surface area (Å²) in [7, 11) is 1.73. The quantitative estimate of drug-likeness (QED) is 0.604. The second kappa shape index (κ2) is 7.59.